The van der Waals surface area contributed by atoms with E-state index in [9.17, 15) is 4.79 Å². The van der Waals surface area contributed by atoms with Crippen molar-refractivity contribution in [1.82, 2.24) is 15.0 Å². The third-order valence-corrected chi connectivity index (χ3v) is 5.25. The second-order valence-electron chi connectivity index (χ2n) is 7.62. The van der Waals surface area contributed by atoms with E-state index in [4.69, 9.17) is 6.57 Å². The minimum absolute atomic E-state index is 0.228. The molecule has 0 aliphatic rings. The van der Waals surface area contributed by atoms with Crippen LogP contribution in [0.25, 0.3) is 15.7 Å². The molecule has 5 rings (SSSR count). The number of carbonyl (C=O) groups is 1. The summed E-state index contributed by atoms with van der Waals surface area (Å²) in [7, 11) is 0. The molecule has 8 nitrogen and oxygen atoms in total. The number of anilines is 5. The number of amides is 1. The summed E-state index contributed by atoms with van der Waals surface area (Å²) in [5.74, 6) is 0.383. The van der Waals surface area contributed by atoms with Crippen molar-refractivity contribution < 1.29 is 4.79 Å². The average molecular weight is 457 g/mol. The van der Waals surface area contributed by atoms with Crippen LogP contribution < -0.4 is 16.0 Å². The summed E-state index contributed by atoms with van der Waals surface area (Å²) in [5, 5.41) is 10.3. The van der Waals surface area contributed by atoms with E-state index in [2.05, 4.69) is 35.7 Å². The Labute approximate surface area is 201 Å². The Morgan fingerprint density at radius 2 is 1.49 bits per heavy atom. The van der Waals surface area contributed by atoms with E-state index in [1.807, 2.05) is 42.5 Å². The molecule has 0 atom stereocenters. The number of pyridine rings is 3. The molecule has 0 saturated carbocycles. The van der Waals surface area contributed by atoms with Crippen LogP contribution >= 0.6 is 0 Å². The van der Waals surface area contributed by atoms with Crippen LogP contribution in [0.2, 0.25) is 0 Å². The fraction of sp³-hybridized carbons (Fsp3) is 0. The van der Waals surface area contributed by atoms with Crippen LogP contribution in [0.3, 0.4) is 0 Å². The Kier molecular flexibility index (Phi) is 5.96. The van der Waals surface area contributed by atoms with Gasteiger partial charge in [0, 0.05) is 64.6 Å². The molecule has 0 aliphatic carbocycles. The zero-order chi connectivity index (χ0) is 24.0. The molecular formula is C27H19N7O. The highest BCUT2D eigenvalue weighted by molar-refractivity contribution is 6.04. The Morgan fingerprint density at radius 3 is 2.29 bits per heavy atom. The van der Waals surface area contributed by atoms with E-state index < -0.39 is 0 Å². The maximum atomic E-state index is 12.8. The number of aromatic nitrogens is 3. The summed E-state index contributed by atoms with van der Waals surface area (Å²) in [6, 6.07) is 21.6. The highest BCUT2D eigenvalue weighted by atomic mass is 16.1. The van der Waals surface area contributed by atoms with Crippen molar-refractivity contribution >= 4 is 51.1 Å². The third-order valence-electron chi connectivity index (χ3n) is 5.25. The lowest BCUT2D eigenvalue weighted by Crippen LogP contribution is -2.12. The molecule has 0 aliphatic heterocycles. The van der Waals surface area contributed by atoms with Gasteiger partial charge in [-0.2, -0.15) is 0 Å². The largest absolute Gasteiger partial charge is 0.355 e. The number of rotatable bonds is 6. The lowest BCUT2D eigenvalue weighted by Gasteiger charge is -2.11. The van der Waals surface area contributed by atoms with Gasteiger partial charge >= 0.3 is 0 Å². The quantitative estimate of drug-likeness (QED) is 0.258. The van der Waals surface area contributed by atoms with Gasteiger partial charge in [0.15, 0.2) is 5.69 Å². The van der Waals surface area contributed by atoms with Gasteiger partial charge in [-0.05, 0) is 60.7 Å². The van der Waals surface area contributed by atoms with Gasteiger partial charge in [0.05, 0.1) is 12.1 Å². The molecule has 0 fully saturated rings. The normalized spacial score (nSPS) is 10.4. The number of hydrogen-bond acceptors (Lipinski definition) is 6. The standard InChI is InChI=1S/C27H19N7O/c1-28-21-6-7-24-23(16-21)25(11-15-30-24)32-19-4-2-18(3-5-19)27(35)34-22-10-14-31-26(17-22)33-20-8-12-29-13-9-20/h2-17H,(H,30,32)(H2,29,31,33,34,35). The number of carbonyl (C=O) groups excluding carboxylic acids is 1. The fourth-order valence-corrected chi connectivity index (χ4v) is 3.54. The second-order valence-corrected chi connectivity index (χ2v) is 7.62. The number of benzene rings is 2. The lowest BCUT2D eigenvalue weighted by molar-refractivity contribution is 0.102. The molecule has 35 heavy (non-hydrogen) atoms. The van der Waals surface area contributed by atoms with Crippen LogP contribution in [0, 0.1) is 6.57 Å². The van der Waals surface area contributed by atoms with Gasteiger partial charge in [0.1, 0.15) is 5.82 Å². The Morgan fingerprint density at radius 1 is 0.743 bits per heavy atom. The second kappa shape index (κ2) is 9.68. The number of hydrogen-bond donors (Lipinski definition) is 3. The van der Waals surface area contributed by atoms with Crippen LogP contribution in [0.4, 0.5) is 34.3 Å². The van der Waals surface area contributed by atoms with Crippen molar-refractivity contribution in [3.8, 4) is 0 Å². The number of nitrogens with zero attached hydrogens (tertiary/aromatic N) is 4. The predicted molar refractivity (Wildman–Crippen MR) is 137 cm³/mol. The minimum atomic E-state index is -0.228. The predicted octanol–water partition coefficient (Wildman–Crippen LogP) is 6.32. The van der Waals surface area contributed by atoms with Crippen LogP contribution in [0.1, 0.15) is 10.4 Å². The van der Waals surface area contributed by atoms with E-state index in [-0.39, 0.29) is 5.91 Å². The maximum absolute atomic E-state index is 12.8. The van der Waals surface area contributed by atoms with Crippen LogP contribution in [-0.2, 0) is 0 Å². The van der Waals surface area contributed by atoms with Crippen molar-refractivity contribution in [2.75, 3.05) is 16.0 Å². The summed E-state index contributed by atoms with van der Waals surface area (Å²) in [4.78, 5) is 28.9. The van der Waals surface area contributed by atoms with Crippen molar-refractivity contribution in [2.45, 2.75) is 0 Å². The van der Waals surface area contributed by atoms with Gasteiger partial charge in [-0.1, -0.05) is 6.07 Å². The maximum Gasteiger partial charge on any atom is 0.255 e. The molecule has 0 saturated heterocycles. The van der Waals surface area contributed by atoms with Gasteiger partial charge in [-0.15, -0.1) is 0 Å². The summed E-state index contributed by atoms with van der Waals surface area (Å²) in [6.07, 6.45) is 6.73. The van der Waals surface area contributed by atoms with E-state index in [0.717, 1.165) is 28.0 Å². The minimum Gasteiger partial charge on any atom is -0.355 e. The molecular weight excluding hydrogens is 438 g/mol. The molecule has 8 heteroatoms. The summed E-state index contributed by atoms with van der Waals surface area (Å²) in [6.45, 7) is 7.25. The Bertz CT molecular complexity index is 1540. The first-order valence-corrected chi connectivity index (χ1v) is 10.8. The molecule has 3 N–H and O–H groups in total. The van der Waals surface area contributed by atoms with Crippen LogP contribution in [0.15, 0.2) is 97.6 Å². The topological polar surface area (TPSA) is 96.2 Å². The molecule has 0 unspecified atom stereocenters. The van der Waals surface area contributed by atoms with E-state index in [1.54, 1.807) is 55.1 Å². The lowest BCUT2D eigenvalue weighted by atomic mass is 10.1. The molecule has 0 spiro atoms. The molecule has 5 aromatic rings. The van der Waals surface area contributed by atoms with Gasteiger partial charge in [0.25, 0.3) is 5.91 Å². The molecule has 3 aromatic heterocycles. The fourth-order valence-electron chi connectivity index (χ4n) is 3.54. The van der Waals surface area contributed by atoms with Gasteiger partial charge in [-0.25, -0.2) is 9.83 Å². The van der Waals surface area contributed by atoms with E-state index in [1.165, 1.54) is 0 Å². The smallest absolute Gasteiger partial charge is 0.255 e. The van der Waals surface area contributed by atoms with Gasteiger partial charge in [0.2, 0.25) is 0 Å². The first-order valence-electron chi connectivity index (χ1n) is 10.8. The molecule has 2 aromatic carbocycles. The van der Waals surface area contributed by atoms with Crippen molar-refractivity contribution in [1.29, 1.82) is 0 Å². The van der Waals surface area contributed by atoms with Gasteiger partial charge < -0.3 is 16.0 Å². The van der Waals surface area contributed by atoms with E-state index >= 15 is 0 Å². The number of fused-ring (bicyclic) bond motifs is 1. The third kappa shape index (κ3) is 5.05. The average Bonchev–Trinajstić information content (AvgIpc) is 2.90. The van der Waals surface area contributed by atoms with E-state index in [0.29, 0.717) is 22.8 Å². The molecule has 0 radical (unpaired) electrons. The van der Waals surface area contributed by atoms with Crippen LogP contribution in [0.5, 0.6) is 0 Å². The van der Waals surface area contributed by atoms with Gasteiger partial charge in [-0.3, -0.25) is 14.8 Å². The van der Waals surface area contributed by atoms with Crippen molar-refractivity contribution in [3.05, 3.63) is 115 Å². The SMILES string of the molecule is [C-]#[N+]c1ccc2nccc(Nc3ccc(C(=O)Nc4ccnc(Nc5ccncc5)c4)cc3)c2c1. The molecule has 3 heterocycles. The zero-order valence-corrected chi connectivity index (χ0v) is 18.4. The summed E-state index contributed by atoms with van der Waals surface area (Å²) >= 11 is 0. The highest BCUT2D eigenvalue weighted by Crippen LogP contribution is 2.29. The van der Waals surface area contributed by atoms with Crippen LogP contribution in [-0.4, -0.2) is 20.9 Å². The highest BCUT2D eigenvalue weighted by Gasteiger charge is 2.09. The Balaban J connectivity index is 1.28. The Hall–Kier alpha value is -5.29. The summed E-state index contributed by atoms with van der Waals surface area (Å²) in [5.41, 5.74) is 5.00. The molecule has 1 amide bonds. The monoisotopic (exact) mass is 457 g/mol. The molecule has 168 valence electrons. The van der Waals surface area contributed by atoms with Crippen molar-refractivity contribution in [3.63, 3.8) is 0 Å². The summed E-state index contributed by atoms with van der Waals surface area (Å²) < 4.78 is 0. The first kappa shape index (κ1) is 21.6. The molecule has 0 bridgehead atoms. The van der Waals surface area contributed by atoms with Crippen molar-refractivity contribution in [2.24, 2.45) is 0 Å². The zero-order valence-electron chi connectivity index (χ0n) is 18.4. The first-order chi connectivity index (χ1) is 17.2. The number of nitrogens with one attached hydrogen (secondary N) is 3.